The highest BCUT2D eigenvalue weighted by molar-refractivity contribution is 7.99. The Morgan fingerprint density at radius 2 is 0.961 bits per heavy atom. The van der Waals surface area contributed by atoms with Crippen molar-refractivity contribution in [2.75, 3.05) is 0 Å². The lowest BCUT2D eigenvalue weighted by atomic mass is 9.67. The number of rotatable bonds is 3. The SMILES string of the molecule is c1ccc(-c2nc(-c3ccccc3)nc(-c3cccc4c3sc3ccc5c(c34)-c3ccccc3C53c4ccccc4Sc4ccccc43)n2)cc1. The molecule has 0 atom stereocenters. The first-order chi connectivity index (χ1) is 25.3. The van der Waals surface area contributed by atoms with Gasteiger partial charge in [0.2, 0.25) is 0 Å². The second-order valence-corrected chi connectivity index (χ2v) is 15.2. The standard InChI is InChI=1S/C46H27N3S2/c1-3-14-28(15-4-1)43-47-44(29-16-5-2-6-17-29)49-45(48-43)32-20-13-19-31-41-39(51-42(31)32)27-26-36-40(41)30-18-7-8-21-33(30)46(36)34-22-9-11-24-37(34)50-38-25-12-10-23-35(38)46/h1-27H. The molecule has 0 bridgehead atoms. The summed E-state index contributed by atoms with van der Waals surface area (Å²) >= 11 is 3.71. The Bertz CT molecular complexity index is 2740. The summed E-state index contributed by atoms with van der Waals surface area (Å²) in [4.78, 5) is 17.8. The summed E-state index contributed by atoms with van der Waals surface area (Å²) in [5, 5.41) is 2.53. The van der Waals surface area contributed by atoms with Crippen molar-refractivity contribution >= 4 is 43.3 Å². The van der Waals surface area contributed by atoms with Gasteiger partial charge in [-0.1, -0.05) is 151 Å². The zero-order chi connectivity index (χ0) is 33.5. The van der Waals surface area contributed by atoms with Gasteiger partial charge in [-0.05, 0) is 57.6 Å². The van der Waals surface area contributed by atoms with E-state index in [0.29, 0.717) is 17.5 Å². The minimum atomic E-state index is -0.409. The maximum atomic E-state index is 5.13. The number of benzene rings is 7. The fourth-order valence-corrected chi connectivity index (χ4v) is 10.7. The molecule has 0 saturated carbocycles. The van der Waals surface area contributed by atoms with Crippen LogP contribution in [0.4, 0.5) is 0 Å². The molecule has 2 aromatic heterocycles. The van der Waals surface area contributed by atoms with Gasteiger partial charge < -0.3 is 0 Å². The van der Waals surface area contributed by atoms with Crippen LogP contribution in [-0.2, 0) is 5.41 Å². The van der Waals surface area contributed by atoms with Crippen molar-refractivity contribution in [3.63, 3.8) is 0 Å². The topological polar surface area (TPSA) is 38.7 Å². The smallest absolute Gasteiger partial charge is 0.165 e. The van der Waals surface area contributed by atoms with Gasteiger partial charge in [0, 0.05) is 46.7 Å². The van der Waals surface area contributed by atoms with Crippen molar-refractivity contribution in [1.29, 1.82) is 0 Å². The van der Waals surface area contributed by atoms with E-state index in [0.717, 1.165) is 16.7 Å². The van der Waals surface area contributed by atoms with Crippen molar-refractivity contribution < 1.29 is 0 Å². The van der Waals surface area contributed by atoms with E-state index < -0.39 is 5.41 Å². The van der Waals surface area contributed by atoms with E-state index >= 15 is 0 Å². The molecule has 0 saturated heterocycles. The molecule has 238 valence electrons. The van der Waals surface area contributed by atoms with Crippen molar-refractivity contribution in [2.24, 2.45) is 0 Å². The predicted octanol–water partition coefficient (Wildman–Crippen LogP) is 12.1. The number of nitrogens with zero attached hydrogens (tertiary/aromatic N) is 3. The molecule has 0 unspecified atom stereocenters. The fourth-order valence-electron chi connectivity index (χ4n) is 8.34. The van der Waals surface area contributed by atoms with E-state index in [4.69, 9.17) is 15.0 Å². The van der Waals surface area contributed by atoms with Crippen LogP contribution < -0.4 is 0 Å². The lowest BCUT2D eigenvalue weighted by Crippen LogP contribution is -2.31. The van der Waals surface area contributed by atoms with Crippen LogP contribution in [0.25, 0.3) is 65.5 Å². The first kappa shape index (κ1) is 28.9. The third-order valence-electron chi connectivity index (χ3n) is 10.4. The number of fused-ring (bicyclic) bond motifs is 13. The van der Waals surface area contributed by atoms with Crippen LogP contribution in [0.2, 0.25) is 0 Å². The summed E-state index contributed by atoms with van der Waals surface area (Å²) < 4.78 is 2.44. The van der Waals surface area contributed by atoms with Gasteiger partial charge in [0.15, 0.2) is 17.5 Å². The number of hydrogen-bond donors (Lipinski definition) is 0. The lowest BCUT2D eigenvalue weighted by molar-refractivity contribution is 0.723. The summed E-state index contributed by atoms with van der Waals surface area (Å²) in [5.41, 5.74) is 10.6. The molecule has 5 heteroatoms. The summed E-state index contributed by atoms with van der Waals surface area (Å²) in [6.45, 7) is 0. The maximum absolute atomic E-state index is 5.13. The first-order valence-corrected chi connectivity index (χ1v) is 18.7. The molecule has 11 rings (SSSR count). The minimum absolute atomic E-state index is 0.409. The zero-order valence-corrected chi connectivity index (χ0v) is 28.9. The third-order valence-corrected chi connectivity index (χ3v) is 12.8. The van der Waals surface area contributed by atoms with Gasteiger partial charge in [0.25, 0.3) is 0 Å². The van der Waals surface area contributed by atoms with E-state index in [9.17, 15) is 0 Å². The summed E-state index contributed by atoms with van der Waals surface area (Å²) in [6, 6.07) is 58.8. The quantitative estimate of drug-likeness (QED) is 0.186. The molecular formula is C46H27N3S2. The second kappa shape index (κ2) is 11.1. The predicted molar refractivity (Wildman–Crippen MR) is 210 cm³/mol. The third kappa shape index (κ3) is 4.10. The average Bonchev–Trinajstić information content (AvgIpc) is 3.73. The van der Waals surface area contributed by atoms with Crippen LogP contribution in [0.5, 0.6) is 0 Å². The molecule has 1 aliphatic carbocycles. The average molecular weight is 686 g/mol. The lowest BCUT2D eigenvalue weighted by Gasteiger charge is -2.39. The van der Waals surface area contributed by atoms with Crippen molar-refractivity contribution in [2.45, 2.75) is 15.2 Å². The minimum Gasteiger partial charge on any atom is -0.208 e. The van der Waals surface area contributed by atoms with Crippen molar-refractivity contribution in [3.8, 4) is 45.3 Å². The molecule has 1 aliphatic heterocycles. The Kier molecular flexibility index (Phi) is 6.27. The molecule has 51 heavy (non-hydrogen) atoms. The Hall–Kier alpha value is -5.88. The van der Waals surface area contributed by atoms with Crippen LogP contribution in [0.1, 0.15) is 22.3 Å². The monoisotopic (exact) mass is 685 g/mol. The summed E-state index contributed by atoms with van der Waals surface area (Å²) in [6.07, 6.45) is 0. The van der Waals surface area contributed by atoms with E-state index in [1.54, 1.807) is 0 Å². The Morgan fingerprint density at radius 1 is 0.412 bits per heavy atom. The number of hydrogen-bond acceptors (Lipinski definition) is 5. The van der Waals surface area contributed by atoms with Gasteiger partial charge in [-0.3, -0.25) is 0 Å². The number of aromatic nitrogens is 3. The molecule has 0 radical (unpaired) electrons. The van der Waals surface area contributed by atoms with Gasteiger partial charge in [-0.25, -0.2) is 15.0 Å². The molecule has 0 N–H and O–H groups in total. The van der Waals surface area contributed by atoms with Crippen LogP contribution in [0.3, 0.4) is 0 Å². The second-order valence-electron chi connectivity index (χ2n) is 13.1. The van der Waals surface area contributed by atoms with E-state index in [1.807, 2.05) is 59.5 Å². The van der Waals surface area contributed by atoms with Crippen LogP contribution in [0, 0.1) is 0 Å². The largest absolute Gasteiger partial charge is 0.208 e. The Morgan fingerprint density at radius 3 is 1.63 bits per heavy atom. The molecule has 0 fully saturated rings. The highest BCUT2D eigenvalue weighted by Crippen LogP contribution is 2.64. The van der Waals surface area contributed by atoms with Crippen molar-refractivity contribution in [3.05, 3.63) is 186 Å². The van der Waals surface area contributed by atoms with Gasteiger partial charge >= 0.3 is 0 Å². The molecule has 3 heterocycles. The van der Waals surface area contributed by atoms with Crippen molar-refractivity contribution in [1.82, 2.24) is 15.0 Å². The molecule has 7 aromatic carbocycles. The Labute approximate surface area is 303 Å². The van der Waals surface area contributed by atoms with E-state index in [-0.39, 0.29) is 0 Å². The van der Waals surface area contributed by atoms with Gasteiger partial charge in [0.05, 0.1) is 5.41 Å². The molecule has 3 nitrogen and oxygen atoms in total. The summed E-state index contributed by atoms with van der Waals surface area (Å²) in [5.74, 6) is 2.02. The highest BCUT2D eigenvalue weighted by Gasteiger charge is 2.50. The molecular weight excluding hydrogens is 659 g/mol. The van der Waals surface area contributed by atoms with Gasteiger partial charge in [-0.2, -0.15) is 0 Å². The van der Waals surface area contributed by atoms with Crippen LogP contribution >= 0.6 is 23.1 Å². The highest BCUT2D eigenvalue weighted by atomic mass is 32.2. The van der Waals surface area contributed by atoms with E-state index in [2.05, 4.69) is 127 Å². The summed E-state index contributed by atoms with van der Waals surface area (Å²) in [7, 11) is 0. The van der Waals surface area contributed by atoms with Gasteiger partial charge in [-0.15, -0.1) is 11.3 Å². The maximum Gasteiger partial charge on any atom is 0.165 e. The fraction of sp³-hybridized carbons (Fsp3) is 0.0217. The molecule has 0 amide bonds. The Balaban J connectivity index is 1.21. The van der Waals surface area contributed by atoms with E-state index in [1.165, 1.54) is 63.3 Å². The van der Waals surface area contributed by atoms with Crippen LogP contribution in [0.15, 0.2) is 174 Å². The molecule has 9 aromatic rings. The van der Waals surface area contributed by atoms with Gasteiger partial charge in [0.1, 0.15) is 0 Å². The normalized spacial score (nSPS) is 13.6. The van der Waals surface area contributed by atoms with Crippen LogP contribution in [-0.4, -0.2) is 15.0 Å². The zero-order valence-electron chi connectivity index (χ0n) is 27.2. The number of thiophene rings is 1. The molecule has 1 spiro atoms. The first-order valence-electron chi connectivity index (χ1n) is 17.1. The molecule has 2 aliphatic rings.